The minimum Gasteiger partial charge on any atom is -0.321 e. The van der Waals surface area contributed by atoms with Crippen LogP contribution in [0.3, 0.4) is 0 Å². The summed E-state index contributed by atoms with van der Waals surface area (Å²) in [6.45, 7) is 4.47. The molecule has 3 N–H and O–H groups in total. The quantitative estimate of drug-likeness (QED) is 0.703. The molecule has 0 saturated carbocycles. The number of benzene rings is 1. The minimum atomic E-state index is -4.91. The summed E-state index contributed by atoms with van der Waals surface area (Å²) in [5, 5.41) is 4.85. The van der Waals surface area contributed by atoms with Crippen LogP contribution >= 0.6 is 8.25 Å². The van der Waals surface area contributed by atoms with E-state index in [1.54, 1.807) is 13.8 Å². The number of alkyl halides is 3. The van der Waals surface area contributed by atoms with Gasteiger partial charge < -0.3 is 14.0 Å². The Morgan fingerprint density at radius 1 is 1.22 bits per heavy atom. The highest BCUT2D eigenvalue weighted by Crippen LogP contribution is 2.35. The van der Waals surface area contributed by atoms with Crippen LogP contribution in [0.4, 0.5) is 13.2 Å². The van der Waals surface area contributed by atoms with E-state index < -0.39 is 40.5 Å². The molecule has 151 valence electrons. The molecule has 0 saturated heterocycles. The molecule has 0 amide bonds. The van der Waals surface area contributed by atoms with E-state index in [-0.39, 0.29) is 10.9 Å². The van der Waals surface area contributed by atoms with Gasteiger partial charge in [-0.3, -0.25) is 9.36 Å². The van der Waals surface area contributed by atoms with Gasteiger partial charge in [0.25, 0.3) is 5.56 Å². The summed E-state index contributed by atoms with van der Waals surface area (Å²) in [5.41, 5.74) is -2.29. The number of hydrogen-bond donors (Lipinski definition) is 2. The normalized spacial score (nSPS) is 12.1. The van der Waals surface area contributed by atoms with Crippen LogP contribution in [0.25, 0.3) is 10.9 Å². The molecule has 0 bridgehead atoms. The van der Waals surface area contributed by atoms with E-state index in [1.165, 1.54) is 0 Å². The van der Waals surface area contributed by atoms with Gasteiger partial charge in [-0.2, -0.15) is 13.2 Å². The summed E-state index contributed by atoms with van der Waals surface area (Å²) in [4.78, 5) is 12.1. The fraction of sp³-hybridized carbons (Fsp3) is 0.357. The number of pyridine rings is 1. The van der Waals surface area contributed by atoms with Gasteiger partial charge in [-0.15, -0.1) is 0 Å². The number of fused-ring (bicyclic) bond motifs is 1. The second-order valence-corrected chi connectivity index (χ2v) is 7.44. The van der Waals surface area contributed by atoms with Crippen molar-refractivity contribution >= 4 is 29.2 Å². The number of aromatic amines is 1. The third-order valence-electron chi connectivity index (χ3n) is 2.90. The molecule has 0 atom stereocenters. The molecule has 0 aliphatic heterocycles. The molecule has 0 aliphatic carbocycles. The lowest BCUT2D eigenvalue weighted by Crippen LogP contribution is -2.19. The molecule has 1 heterocycles. The van der Waals surface area contributed by atoms with Gasteiger partial charge in [-0.1, -0.05) is 0 Å². The summed E-state index contributed by atoms with van der Waals surface area (Å²) < 4.78 is 80.4. The summed E-state index contributed by atoms with van der Waals surface area (Å²) >= 11 is 0. The van der Waals surface area contributed by atoms with Crippen molar-refractivity contribution in [1.29, 1.82) is 0 Å². The van der Waals surface area contributed by atoms with Crippen LogP contribution in [0.15, 0.2) is 27.9 Å². The predicted octanol–water partition coefficient (Wildman–Crippen LogP) is 2.44. The first-order valence-corrected chi connectivity index (χ1v) is 10.2. The average Bonchev–Trinajstić information content (AvgIpc) is 2.53. The Morgan fingerprint density at radius 2 is 1.78 bits per heavy atom. The number of primary sulfonamides is 1. The highest BCUT2D eigenvalue weighted by Gasteiger charge is 2.36. The monoisotopic (exact) mass is 429 g/mol. The van der Waals surface area contributed by atoms with E-state index in [0.29, 0.717) is 19.3 Å². The zero-order valence-corrected chi connectivity index (χ0v) is 16.0. The Balaban J connectivity index is 0.000000387. The van der Waals surface area contributed by atoms with Crippen LogP contribution < -0.4 is 10.7 Å². The maximum Gasteiger partial charge on any atom is 0.417 e. The van der Waals surface area contributed by atoms with Gasteiger partial charge in [-0.25, -0.2) is 13.6 Å². The molecule has 0 spiro atoms. The zero-order valence-electron chi connectivity index (χ0n) is 14.2. The molecule has 2 aromatic rings. The summed E-state index contributed by atoms with van der Waals surface area (Å²) in [7, 11) is -6.69. The zero-order chi connectivity index (χ0) is 20.8. The first kappa shape index (κ1) is 23.3. The van der Waals surface area contributed by atoms with Crippen molar-refractivity contribution in [1.82, 2.24) is 4.98 Å². The van der Waals surface area contributed by atoms with Gasteiger partial charge in [0.05, 0.1) is 29.7 Å². The third kappa shape index (κ3) is 7.07. The first-order valence-electron chi connectivity index (χ1n) is 7.38. The number of halogens is 3. The molecule has 0 fully saturated rings. The van der Waals surface area contributed by atoms with Crippen molar-refractivity contribution in [2.75, 3.05) is 13.2 Å². The number of hydrogen-bond acceptors (Lipinski definition) is 6. The van der Waals surface area contributed by atoms with Crippen LogP contribution in [-0.4, -0.2) is 26.6 Å². The van der Waals surface area contributed by atoms with Gasteiger partial charge in [0.2, 0.25) is 10.0 Å². The van der Waals surface area contributed by atoms with Gasteiger partial charge in [0, 0.05) is 10.9 Å². The predicted molar refractivity (Wildman–Crippen MR) is 92.0 cm³/mol. The standard InChI is InChI=1S/C10H6F3N2O3S.C4H11O3P/c11-10(12,13)6-4-7-5(1-2-9(16)15-7)3-8(6)19(14,17)18;1-3-6-8(5)7-4-2/h1,3-4H,(H,15,16)(H2,14,17,18);8H,3-4H2,1-2H3. The molecular formula is C14H17F3N2O6PS. The lowest BCUT2D eigenvalue weighted by molar-refractivity contribution is -0.139. The Hall–Kier alpha value is -1.72. The maximum absolute atomic E-state index is 12.8. The number of nitrogens with one attached hydrogen (secondary N) is 1. The largest absolute Gasteiger partial charge is 0.417 e. The number of nitrogens with two attached hydrogens (primary N) is 1. The van der Waals surface area contributed by atoms with Crippen molar-refractivity contribution in [3.05, 3.63) is 40.2 Å². The molecule has 1 radical (unpaired) electrons. The fourth-order valence-electron chi connectivity index (χ4n) is 1.86. The molecule has 1 aromatic heterocycles. The third-order valence-corrected chi connectivity index (χ3v) is 4.89. The van der Waals surface area contributed by atoms with Crippen molar-refractivity contribution in [2.45, 2.75) is 24.9 Å². The molecule has 1 aromatic carbocycles. The summed E-state index contributed by atoms with van der Waals surface area (Å²) in [5.74, 6) is 0. The summed E-state index contributed by atoms with van der Waals surface area (Å²) in [6, 6.07) is 4.55. The molecule has 0 aliphatic rings. The smallest absolute Gasteiger partial charge is 0.321 e. The van der Waals surface area contributed by atoms with E-state index in [4.69, 9.17) is 5.14 Å². The molecule has 2 rings (SSSR count). The van der Waals surface area contributed by atoms with Crippen molar-refractivity contribution < 1.29 is 35.2 Å². The number of rotatable bonds is 5. The van der Waals surface area contributed by atoms with Gasteiger partial charge in [-0.05, 0) is 32.0 Å². The van der Waals surface area contributed by atoms with E-state index in [1.807, 2.05) is 0 Å². The minimum absolute atomic E-state index is 0.0802. The average molecular weight is 429 g/mol. The van der Waals surface area contributed by atoms with Crippen LogP contribution in [0.2, 0.25) is 0 Å². The SMILES string of the molecule is CCO[PH](=O)OCC.NS(=O)(=O)c1cc2c[c]c(=O)[nH]c2cc1C(F)(F)F. The molecule has 13 heteroatoms. The first-order chi connectivity index (χ1) is 12.4. The number of sulfonamides is 1. The lowest BCUT2D eigenvalue weighted by Gasteiger charge is -2.12. The second kappa shape index (κ2) is 9.47. The Bertz CT molecular complexity index is 967. The highest BCUT2D eigenvalue weighted by atomic mass is 32.2. The number of aromatic nitrogens is 1. The Labute approximate surface area is 153 Å². The Kier molecular flexibility index (Phi) is 8.18. The highest BCUT2D eigenvalue weighted by molar-refractivity contribution is 7.89. The van der Waals surface area contributed by atoms with Crippen molar-refractivity contribution in [3.63, 3.8) is 0 Å². The van der Waals surface area contributed by atoms with Crippen LogP contribution in [0.5, 0.6) is 0 Å². The molecular weight excluding hydrogens is 412 g/mol. The summed E-state index contributed by atoms with van der Waals surface area (Å²) in [6.07, 6.45) is -4.91. The topological polar surface area (TPSA) is 129 Å². The Morgan fingerprint density at radius 3 is 2.22 bits per heavy atom. The van der Waals surface area contributed by atoms with Crippen LogP contribution in [-0.2, 0) is 29.8 Å². The second-order valence-electron chi connectivity index (χ2n) is 4.84. The van der Waals surface area contributed by atoms with E-state index in [9.17, 15) is 30.9 Å². The molecule has 8 nitrogen and oxygen atoms in total. The lowest BCUT2D eigenvalue weighted by atomic mass is 10.1. The van der Waals surface area contributed by atoms with Crippen LogP contribution in [0, 0.1) is 6.07 Å². The van der Waals surface area contributed by atoms with Gasteiger partial charge in [0.15, 0.2) is 0 Å². The van der Waals surface area contributed by atoms with E-state index in [2.05, 4.69) is 20.1 Å². The van der Waals surface area contributed by atoms with Gasteiger partial charge >= 0.3 is 14.4 Å². The molecule has 27 heavy (non-hydrogen) atoms. The van der Waals surface area contributed by atoms with Crippen LogP contribution in [0.1, 0.15) is 19.4 Å². The van der Waals surface area contributed by atoms with Gasteiger partial charge in [0.1, 0.15) is 0 Å². The van der Waals surface area contributed by atoms with Crippen molar-refractivity contribution in [3.8, 4) is 0 Å². The van der Waals surface area contributed by atoms with Crippen molar-refractivity contribution in [2.24, 2.45) is 5.14 Å². The number of H-pyrrole nitrogens is 1. The fourth-order valence-corrected chi connectivity index (χ4v) is 3.19. The van der Waals surface area contributed by atoms with E-state index >= 15 is 0 Å². The maximum atomic E-state index is 12.8. The molecule has 0 unspecified atom stereocenters. The van der Waals surface area contributed by atoms with E-state index in [0.717, 1.165) is 12.1 Å².